The number of nitrogens with zero attached hydrogens (tertiary/aromatic N) is 3. The molecule has 0 aliphatic rings. The molecule has 1 aromatic carbocycles. The lowest BCUT2D eigenvalue weighted by molar-refractivity contribution is 0.836. The van der Waals surface area contributed by atoms with Crippen LogP contribution in [0.25, 0.3) is 15.9 Å². The fraction of sp³-hybridized carbons (Fsp3) is 0.286. The summed E-state index contributed by atoms with van der Waals surface area (Å²) in [5, 5.41) is 5.62. The second-order valence-electron chi connectivity index (χ2n) is 4.82. The van der Waals surface area contributed by atoms with Crippen molar-refractivity contribution in [2.45, 2.75) is 27.7 Å². The van der Waals surface area contributed by atoms with Gasteiger partial charge in [0.2, 0.25) is 0 Å². The number of nitrogen functional groups attached to an aromatic ring is 1. The molecule has 2 aromatic heterocycles. The molecule has 3 rings (SSSR count). The van der Waals surface area contributed by atoms with E-state index in [0.29, 0.717) is 0 Å². The van der Waals surface area contributed by atoms with Crippen LogP contribution < -0.4 is 5.73 Å². The lowest BCUT2D eigenvalue weighted by atomic mass is 10.2. The molecular weight excluding hydrogens is 256 g/mol. The molecule has 0 radical (unpaired) electrons. The Labute approximate surface area is 115 Å². The lowest BCUT2D eigenvalue weighted by Crippen LogP contribution is -2.03. The van der Waals surface area contributed by atoms with Crippen LogP contribution in [0.2, 0.25) is 0 Å². The van der Waals surface area contributed by atoms with Crippen LogP contribution in [0, 0.1) is 27.7 Å². The van der Waals surface area contributed by atoms with Crippen LogP contribution in [0.15, 0.2) is 12.1 Å². The molecule has 0 aliphatic carbocycles. The van der Waals surface area contributed by atoms with Crippen molar-refractivity contribution in [1.29, 1.82) is 0 Å². The summed E-state index contributed by atoms with van der Waals surface area (Å²) >= 11 is 1.66. The molecule has 0 fully saturated rings. The number of fused-ring (bicyclic) bond motifs is 1. The molecule has 2 N–H and O–H groups in total. The monoisotopic (exact) mass is 272 g/mol. The molecule has 5 heteroatoms. The molecule has 19 heavy (non-hydrogen) atoms. The predicted octanol–water partition coefficient (Wildman–Crippen LogP) is 3.30. The fourth-order valence-corrected chi connectivity index (χ4v) is 3.09. The summed E-state index contributed by atoms with van der Waals surface area (Å²) in [6.07, 6.45) is 0. The minimum Gasteiger partial charge on any atom is -0.397 e. The molecular formula is C14H16N4S. The Hall–Kier alpha value is -1.88. The van der Waals surface area contributed by atoms with E-state index in [1.54, 1.807) is 11.3 Å². The highest BCUT2D eigenvalue weighted by molar-refractivity contribution is 7.18. The highest BCUT2D eigenvalue weighted by Crippen LogP contribution is 2.30. The van der Waals surface area contributed by atoms with Crippen LogP contribution in [0.5, 0.6) is 0 Å². The number of anilines is 1. The zero-order chi connectivity index (χ0) is 13.7. The summed E-state index contributed by atoms with van der Waals surface area (Å²) in [4.78, 5) is 4.52. The normalized spacial score (nSPS) is 11.4. The molecule has 0 saturated carbocycles. The largest absolute Gasteiger partial charge is 0.397 e. The van der Waals surface area contributed by atoms with Crippen LogP contribution >= 0.6 is 11.3 Å². The third kappa shape index (κ3) is 1.81. The average molecular weight is 272 g/mol. The van der Waals surface area contributed by atoms with Gasteiger partial charge in [-0.1, -0.05) is 0 Å². The Bertz CT molecular complexity index is 782. The zero-order valence-corrected chi connectivity index (χ0v) is 12.3. The molecule has 4 nitrogen and oxygen atoms in total. The molecule has 0 unspecified atom stereocenters. The maximum atomic E-state index is 6.17. The second-order valence-corrected chi connectivity index (χ2v) is 6.05. The van der Waals surface area contributed by atoms with Crippen molar-refractivity contribution < 1.29 is 0 Å². The van der Waals surface area contributed by atoms with E-state index >= 15 is 0 Å². The first-order chi connectivity index (χ1) is 8.97. The van der Waals surface area contributed by atoms with E-state index in [1.807, 2.05) is 30.7 Å². The van der Waals surface area contributed by atoms with E-state index < -0.39 is 0 Å². The van der Waals surface area contributed by atoms with E-state index in [9.17, 15) is 0 Å². The van der Waals surface area contributed by atoms with E-state index in [-0.39, 0.29) is 0 Å². The molecule has 0 atom stereocenters. The molecule has 2 heterocycles. The van der Waals surface area contributed by atoms with E-state index in [4.69, 9.17) is 5.73 Å². The standard InChI is InChI=1S/C14H16N4S/c1-7-8(2)17-18(9(7)3)13-6-12-14(5-11(13)15)19-10(4)16-12/h5-6H,15H2,1-4H3. The van der Waals surface area contributed by atoms with E-state index in [1.165, 1.54) is 5.56 Å². The topological polar surface area (TPSA) is 56.7 Å². The number of thiazole rings is 1. The van der Waals surface area contributed by atoms with Crippen molar-refractivity contribution in [2.24, 2.45) is 0 Å². The predicted molar refractivity (Wildman–Crippen MR) is 80.1 cm³/mol. The maximum Gasteiger partial charge on any atom is 0.0907 e. The van der Waals surface area contributed by atoms with Gasteiger partial charge in [-0.15, -0.1) is 11.3 Å². The molecule has 0 aliphatic heterocycles. The van der Waals surface area contributed by atoms with Gasteiger partial charge < -0.3 is 5.73 Å². The first-order valence-corrected chi connectivity index (χ1v) is 6.99. The Balaban J connectivity index is 2.29. The summed E-state index contributed by atoms with van der Waals surface area (Å²) < 4.78 is 3.03. The third-order valence-corrected chi connectivity index (χ3v) is 4.46. The minimum absolute atomic E-state index is 0.738. The van der Waals surface area contributed by atoms with Crippen molar-refractivity contribution in [1.82, 2.24) is 14.8 Å². The number of nitrogens with two attached hydrogens (primary N) is 1. The highest BCUT2D eigenvalue weighted by Gasteiger charge is 2.13. The number of hydrogen-bond acceptors (Lipinski definition) is 4. The lowest BCUT2D eigenvalue weighted by Gasteiger charge is -2.08. The van der Waals surface area contributed by atoms with E-state index in [2.05, 4.69) is 23.9 Å². The van der Waals surface area contributed by atoms with E-state index in [0.717, 1.165) is 38.0 Å². The van der Waals surface area contributed by atoms with Crippen molar-refractivity contribution in [3.63, 3.8) is 0 Å². The van der Waals surface area contributed by atoms with Gasteiger partial charge in [0.05, 0.1) is 32.3 Å². The summed E-state index contributed by atoms with van der Waals surface area (Å²) in [6, 6.07) is 4.01. The minimum atomic E-state index is 0.738. The molecule has 0 amide bonds. The maximum absolute atomic E-state index is 6.17. The molecule has 0 bridgehead atoms. The Morgan fingerprint density at radius 1 is 1.16 bits per heavy atom. The number of aryl methyl sites for hydroxylation is 2. The Morgan fingerprint density at radius 2 is 1.89 bits per heavy atom. The SMILES string of the molecule is Cc1nc2cc(-n3nc(C)c(C)c3C)c(N)cc2s1. The van der Waals surface area contributed by atoms with Crippen LogP contribution in [0.1, 0.15) is 22.0 Å². The zero-order valence-electron chi connectivity index (χ0n) is 11.5. The first kappa shape index (κ1) is 12.2. The van der Waals surface area contributed by atoms with Gasteiger partial charge in [0, 0.05) is 5.69 Å². The highest BCUT2D eigenvalue weighted by atomic mass is 32.1. The van der Waals surface area contributed by atoms with Crippen molar-refractivity contribution in [3.05, 3.63) is 34.1 Å². The van der Waals surface area contributed by atoms with Gasteiger partial charge in [-0.3, -0.25) is 0 Å². The smallest absolute Gasteiger partial charge is 0.0907 e. The average Bonchev–Trinajstić information content (AvgIpc) is 2.82. The number of rotatable bonds is 1. The number of aromatic nitrogens is 3. The molecule has 3 aromatic rings. The van der Waals surface area contributed by atoms with Crippen LogP contribution in [0.4, 0.5) is 5.69 Å². The van der Waals surface area contributed by atoms with Gasteiger partial charge in [0.15, 0.2) is 0 Å². The third-order valence-electron chi connectivity index (χ3n) is 3.53. The van der Waals surface area contributed by atoms with Crippen molar-refractivity contribution in [2.75, 3.05) is 5.73 Å². The summed E-state index contributed by atoms with van der Waals surface area (Å²) in [6.45, 7) is 8.16. The Kier molecular flexibility index (Phi) is 2.60. The number of hydrogen-bond donors (Lipinski definition) is 1. The first-order valence-electron chi connectivity index (χ1n) is 6.17. The number of benzene rings is 1. The van der Waals surface area contributed by atoms with Crippen LogP contribution in [0.3, 0.4) is 0 Å². The van der Waals surface area contributed by atoms with Crippen LogP contribution in [-0.4, -0.2) is 14.8 Å². The Morgan fingerprint density at radius 3 is 2.53 bits per heavy atom. The second kappa shape index (κ2) is 4.06. The van der Waals surface area contributed by atoms with Gasteiger partial charge in [-0.05, 0) is 45.4 Å². The molecule has 0 spiro atoms. The summed E-state index contributed by atoms with van der Waals surface area (Å²) in [7, 11) is 0. The van der Waals surface area contributed by atoms with Gasteiger partial charge in [0.25, 0.3) is 0 Å². The fourth-order valence-electron chi connectivity index (χ4n) is 2.23. The quantitative estimate of drug-likeness (QED) is 0.691. The molecule has 0 saturated heterocycles. The summed E-state index contributed by atoms with van der Waals surface area (Å²) in [5.74, 6) is 0. The van der Waals surface area contributed by atoms with Crippen molar-refractivity contribution >= 4 is 27.2 Å². The van der Waals surface area contributed by atoms with Gasteiger partial charge in [-0.25, -0.2) is 9.67 Å². The summed E-state index contributed by atoms with van der Waals surface area (Å²) in [5.41, 5.74) is 12.2. The van der Waals surface area contributed by atoms with Crippen molar-refractivity contribution in [3.8, 4) is 5.69 Å². The van der Waals surface area contributed by atoms with Gasteiger partial charge in [0.1, 0.15) is 0 Å². The van der Waals surface area contributed by atoms with Gasteiger partial charge >= 0.3 is 0 Å². The van der Waals surface area contributed by atoms with Crippen LogP contribution in [-0.2, 0) is 0 Å². The molecule has 98 valence electrons. The van der Waals surface area contributed by atoms with Gasteiger partial charge in [-0.2, -0.15) is 5.10 Å².